The van der Waals surface area contributed by atoms with E-state index in [4.69, 9.17) is 4.74 Å². The van der Waals surface area contributed by atoms with Crippen LogP contribution in [0.4, 0.5) is 0 Å². The van der Waals surface area contributed by atoms with Crippen molar-refractivity contribution in [1.82, 2.24) is 4.57 Å². The molecule has 19 heavy (non-hydrogen) atoms. The monoisotopic (exact) mass is 257 g/mol. The number of carbonyl (C=O) groups is 1. The fraction of sp³-hybridized carbons (Fsp3) is 0.312. The van der Waals surface area contributed by atoms with Gasteiger partial charge in [-0.25, -0.2) is 4.79 Å². The van der Waals surface area contributed by atoms with E-state index in [1.54, 1.807) is 0 Å². The normalized spacial score (nSPS) is 12.2. The Morgan fingerprint density at radius 1 is 1.11 bits per heavy atom. The molecule has 100 valence electrons. The molecule has 0 bridgehead atoms. The molecule has 2 aromatic rings. The Morgan fingerprint density at radius 3 is 2.21 bits per heavy atom. The molecule has 0 aliphatic carbocycles. The van der Waals surface area contributed by atoms with Crippen LogP contribution in [0.3, 0.4) is 0 Å². The number of methoxy groups -OCH3 is 1. The van der Waals surface area contributed by atoms with Crippen LogP contribution in [-0.2, 0) is 16.0 Å². The lowest BCUT2D eigenvalue weighted by molar-refractivity contribution is -0.144. The lowest BCUT2D eigenvalue weighted by atomic mass is 10.1. The zero-order valence-electron chi connectivity index (χ0n) is 11.6. The second-order valence-corrected chi connectivity index (χ2v) is 4.71. The Morgan fingerprint density at radius 2 is 1.68 bits per heavy atom. The summed E-state index contributed by atoms with van der Waals surface area (Å²) in [6, 6.07) is 13.8. The number of esters is 1. The number of aryl methyl sites for hydroxylation is 2. The molecule has 0 saturated heterocycles. The molecule has 0 N–H and O–H groups in total. The number of hydrogen-bond donors (Lipinski definition) is 0. The van der Waals surface area contributed by atoms with Crippen molar-refractivity contribution in [3.63, 3.8) is 0 Å². The number of benzene rings is 1. The molecule has 0 saturated carbocycles. The smallest absolute Gasteiger partial charge is 0.329 e. The lowest BCUT2D eigenvalue weighted by Gasteiger charge is -2.20. The van der Waals surface area contributed by atoms with Gasteiger partial charge in [0.15, 0.2) is 0 Å². The largest absolute Gasteiger partial charge is 0.467 e. The number of aromatic nitrogens is 1. The predicted octanol–water partition coefficient (Wildman–Crippen LogP) is 3.06. The third-order valence-corrected chi connectivity index (χ3v) is 3.38. The van der Waals surface area contributed by atoms with Gasteiger partial charge in [-0.2, -0.15) is 0 Å². The molecule has 1 aromatic heterocycles. The maximum atomic E-state index is 12.1. The van der Waals surface area contributed by atoms with Gasteiger partial charge in [0.2, 0.25) is 0 Å². The van der Waals surface area contributed by atoms with Crippen LogP contribution < -0.4 is 0 Å². The summed E-state index contributed by atoms with van der Waals surface area (Å²) in [6.07, 6.45) is 0.643. The van der Waals surface area contributed by atoms with Crippen LogP contribution >= 0.6 is 0 Å². The van der Waals surface area contributed by atoms with Gasteiger partial charge in [-0.3, -0.25) is 0 Å². The number of ether oxygens (including phenoxy) is 1. The van der Waals surface area contributed by atoms with Gasteiger partial charge in [-0.15, -0.1) is 0 Å². The van der Waals surface area contributed by atoms with Gasteiger partial charge < -0.3 is 9.30 Å². The van der Waals surface area contributed by atoms with Gasteiger partial charge in [0.25, 0.3) is 0 Å². The standard InChI is InChI=1S/C16H19NO2/c1-12-9-10-13(2)17(12)15(16(18)19-3)11-14-7-5-4-6-8-14/h4-10,15H,11H2,1-3H3/t15-/m1/s1. The van der Waals surface area contributed by atoms with E-state index >= 15 is 0 Å². The van der Waals surface area contributed by atoms with E-state index in [0.29, 0.717) is 6.42 Å². The van der Waals surface area contributed by atoms with Crippen molar-refractivity contribution in [3.05, 3.63) is 59.4 Å². The molecule has 3 nitrogen and oxygen atoms in total. The first-order valence-electron chi connectivity index (χ1n) is 6.39. The van der Waals surface area contributed by atoms with Crippen molar-refractivity contribution >= 4 is 5.97 Å². The van der Waals surface area contributed by atoms with Gasteiger partial charge in [-0.05, 0) is 31.5 Å². The maximum Gasteiger partial charge on any atom is 0.329 e. The zero-order valence-corrected chi connectivity index (χ0v) is 11.6. The minimum Gasteiger partial charge on any atom is -0.467 e. The van der Waals surface area contributed by atoms with Crippen LogP contribution in [0.5, 0.6) is 0 Å². The third-order valence-electron chi connectivity index (χ3n) is 3.38. The van der Waals surface area contributed by atoms with Crippen LogP contribution in [-0.4, -0.2) is 17.6 Å². The van der Waals surface area contributed by atoms with Gasteiger partial charge in [-0.1, -0.05) is 30.3 Å². The van der Waals surface area contributed by atoms with E-state index in [0.717, 1.165) is 17.0 Å². The van der Waals surface area contributed by atoms with Gasteiger partial charge in [0.05, 0.1) is 7.11 Å². The Hall–Kier alpha value is -2.03. The maximum absolute atomic E-state index is 12.1. The quantitative estimate of drug-likeness (QED) is 0.788. The van der Waals surface area contributed by atoms with Crippen molar-refractivity contribution in [3.8, 4) is 0 Å². The number of rotatable bonds is 4. The molecule has 0 spiro atoms. The zero-order chi connectivity index (χ0) is 13.8. The molecule has 0 unspecified atom stereocenters. The second-order valence-electron chi connectivity index (χ2n) is 4.71. The summed E-state index contributed by atoms with van der Waals surface area (Å²) in [5.74, 6) is -0.203. The van der Waals surface area contributed by atoms with E-state index in [2.05, 4.69) is 0 Å². The van der Waals surface area contributed by atoms with Crippen LogP contribution in [0.2, 0.25) is 0 Å². The Bertz CT molecular complexity index is 538. The summed E-state index contributed by atoms with van der Waals surface area (Å²) in [6.45, 7) is 4.02. The van der Waals surface area contributed by atoms with E-state index in [-0.39, 0.29) is 12.0 Å². The first-order chi connectivity index (χ1) is 9.13. The predicted molar refractivity (Wildman–Crippen MR) is 75.1 cm³/mol. The third kappa shape index (κ3) is 2.87. The Balaban J connectivity index is 2.35. The summed E-state index contributed by atoms with van der Waals surface area (Å²) < 4.78 is 7.00. The van der Waals surface area contributed by atoms with E-state index in [1.165, 1.54) is 7.11 Å². The van der Waals surface area contributed by atoms with E-state index in [9.17, 15) is 4.79 Å². The first-order valence-corrected chi connectivity index (χ1v) is 6.39. The highest BCUT2D eigenvalue weighted by Gasteiger charge is 2.23. The SMILES string of the molecule is COC(=O)[C@@H](Cc1ccccc1)n1c(C)ccc1C. The fourth-order valence-corrected chi connectivity index (χ4v) is 2.43. The molecule has 0 fully saturated rings. The minimum atomic E-state index is -0.303. The van der Waals surface area contributed by atoms with Crippen molar-refractivity contribution in [2.45, 2.75) is 26.3 Å². The highest BCUT2D eigenvalue weighted by Crippen LogP contribution is 2.21. The Kier molecular flexibility index (Phi) is 4.05. The molecule has 2 rings (SSSR count). The van der Waals surface area contributed by atoms with Crippen molar-refractivity contribution in [2.24, 2.45) is 0 Å². The van der Waals surface area contributed by atoms with Crippen molar-refractivity contribution in [2.75, 3.05) is 7.11 Å². The summed E-state index contributed by atoms with van der Waals surface area (Å²) in [7, 11) is 1.44. The molecule has 1 atom stereocenters. The molecule has 1 aromatic carbocycles. The van der Waals surface area contributed by atoms with Gasteiger partial charge >= 0.3 is 5.97 Å². The van der Waals surface area contributed by atoms with E-state index in [1.807, 2.05) is 60.9 Å². The van der Waals surface area contributed by atoms with Gasteiger partial charge in [0, 0.05) is 17.8 Å². The van der Waals surface area contributed by atoms with Crippen molar-refractivity contribution in [1.29, 1.82) is 0 Å². The van der Waals surface area contributed by atoms with Gasteiger partial charge in [0.1, 0.15) is 6.04 Å². The minimum absolute atomic E-state index is 0.203. The van der Waals surface area contributed by atoms with Crippen molar-refractivity contribution < 1.29 is 9.53 Å². The molecule has 0 aliphatic rings. The molecule has 0 radical (unpaired) electrons. The second kappa shape index (κ2) is 5.74. The molecule has 3 heteroatoms. The topological polar surface area (TPSA) is 31.2 Å². The highest BCUT2D eigenvalue weighted by atomic mass is 16.5. The number of nitrogens with zero attached hydrogens (tertiary/aromatic N) is 1. The van der Waals surface area contributed by atoms with Crippen LogP contribution in [0.1, 0.15) is 23.0 Å². The number of hydrogen-bond acceptors (Lipinski definition) is 2. The summed E-state index contributed by atoms with van der Waals surface area (Å²) in [4.78, 5) is 12.1. The Labute approximate surface area is 113 Å². The molecular formula is C16H19NO2. The summed E-state index contributed by atoms with van der Waals surface area (Å²) >= 11 is 0. The molecule has 1 heterocycles. The molecular weight excluding hydrogens is 238 g/mol. The highest BCUT2D eigenvalue weighted by molar-refractivity contribution is 5.74. The van der Waals surface area contributed by atoms with Crippen LogP contribution in [0.15, 0.2) is 42.5 Å². The number of carbonyl (C=O) groups excluding carboxylic acids is 1. The lowest BCUT2D eigenvalue weighted by Crippen LogP contribution is -2.24. The van der Waals surface area contributed by atoms with E-state index < -0.39 is 0 Å². The summed E-state index contributed by atoms with van der Waals surface area (Å²) in [5.41, 5.74) is 3.28. The average molecular weight is 257 g/mol. The molecule has 0 aliphatic heterocycles. The molecule has 0 amide bonds. The fourth-order valence-electron chi connectivity index (χ4n) is 2.43. The van der Waals surface area contributed by atoms with Crippen LogP contribution in [0.25, 0.3) is 0 Å². The first kappa shape index (κ1) is 13.4. The summed E-state index contributed by atoms with van der Waals surface area (Å²) in [5, 5.41) is 0. The van der Waals surface area contributed by atoms with Crippen LogP contribution in [0, 0.1) is 13.8 Å². The average Bonchev–Trinajstić information content (AvgIpc) is 2.76.